The zero-order valence-electron chi connectivity index (χ0n) is 24.1. The molecule has 0 spiro atoms. The summed E-state index contributed by atoms with van der Waals surface area (Å²) in [5.74, 6) is 0.347. The van der Waals surface area contributed by atoms with E-state index in [1.54, 1.807) is 19.4 Å². The number of anilines is 3. The second-order valence-electron chi connectivity index (χ2n) is 10.4. The van der Waals surface area contributed by atoms with Crippen LogP contribution in [-0.2, 0) is 11.3 Å². The lowest BCUT2D eigenvalue weighted by molar-refractivity contribution is -0.119. The van der Waals surface area contributed by atoms with Gasteiger partial charge >= 0.3 is 0 Å². The number of pyridine rings is 1. The van der Waals surface area contributed by atoms with Crippen LogP contribution in [0.2, 0.25) is 5.02 Å². The lowest BCUT2D eigenvalue weighted by Crippen LogP contribution is -2.46. The molecule has 10 nitrogen and oxygen atoms in total. The number of ether oxygens (including phenoxy) is 1. The van der Waals surface area contributed by atoms with Crippen LogP contribution in [0.25, 0.3) is 11.3 Å². The third-order valence-corrected chi connectivity index (χ3v) is 7.60. The van der Waals surface area contributed by atoms with Crippen molar-refractivity contribution >= 4 is 34.7 Å². The molecule has 0 bridgehead atoms. The number of likely N-dealkylation sites (N-methyl/N-ethyl adjacent to an activating group) is 1. The molecule has 12 heteroatoms. The van der Waals surface area contributed by atoms with Crippen LogP contribution >= 0.6 is 11.6 Å². The fraction of sp³-hybridized carbons (Fsp3) is 0.290. The minimum absolute atomic E-state index is 0.155. The van der Waals surface area contributed by atoms with Crippen molar-refractivity contribution in [3.63, 3.8) is 0 Å². The first-order valence-electron chi connectivity index (χ1n) is 13.9. The quantitative estimate of drug-likeness (QED) is 0.220. The molecule has 1 amide bonds. The average molecular weight is 605 g/mol. The van der Waals surface area contributed by atoms with Gasteiger partial charge in [0, 0.05) is 61.6 Å². The molecule has 2 aromatic carbocycles. The van der Waals surface area contributed by atoms with Crippen LogP contribution in [0, 0.1) is 5.82 Å². The number of piperazine rings is 1. The number of nitrogens with zero attached hydrogens (tertiary/aromatic N) is 5. The van der Waals surface area contributed by atoms with Gasteiger partial charge in [-0.2, -0.15) is 0 Å². The van der Waals surface area contributed by atoms with E-state index in [0.717, 1.165) is 43.2 Å². The standard InChI is InChI=1S/C31H34ClFN8O2/c1-40-10-12-41(13-11-40)29(18-30(34)42)27-16-22(8-9-35-27)37-28-17-26(24-15-21(32)6-7-25(24)33)38-39-31(28)36-19-20-4-3-5-23(14-20)43-2/h3-9,14-17,29H,10-13,18-19H2,1-2H3,(H2,34,42)(H,36,39)(H,35,37,38). The highest BCUT2D eigenvalue weighted by Crippen LogP contribution is 2.32. The number of methoxy groups -OCH3 is 1. The van der Waals surface area contributed by atoms with E-state index in [1.165, 1.54) is 18.2 Å². The van der Waals surface area contributed by atoms with Crippen molar-refractivity contribution in [3.05, 3.63) is 89.0 Å². The van der Waals surface area contributed by atoms with E-state index >= 15 is 0 Å². The maximum atomic E-state index is 14.8. The van der Waals surface area contributed by atoms with Crippen LogP contribution in [0.1, 0.15) is 23.7 Å². The number of carbonyl (C=O) groups excluding carboxylic acids is 1. The van der Waals surface area contributed by atoms with Crippen LogP contribution in [0.5, 0.6) is 5.75 Å². The van der Waals surface area contributed by atoms with Gasteiger partial charge in [-0.25, -0.2) is 4.39 Å². The fourth-order valence-electron chi connectivity index (χ4n) is 5.02. The number of nitrogens with two attached hydrogens (primary N) is 1. The van der Waals surface area contributed by atoms with E-state index in [2.05, 4.69) is 42.7 Å². The monoisotopic (exact) mass is 604 g/mol. The molecule has 43 heavy (non-hydrogen) atoms. The van der Waals surface area contributed by atoms with E-state index in [0.29, 0.717) is 34.5 Å². The van der Waals surface area contributed by atoms with Gasteiger partial charge in [-0.15, -0.1) is 10.2 Å². The van der Waals surface area contributed by atoms with Crippen molar-refractivity contribution in [2.45, 2.75) is 19.0 Å². The Labute approximate surface area is 255 Å². The number of aromatic nitrogens is 3. The van der Waals surface area contributed by atoms with E-state index < -0.39 is 5.82 Å². The van der Waals surface area contributed by atoms with Gasteiger partial charge in [-0.1, -0.05) is 23.7 Å². The summed E-state index contributed by atoms with van der Waals surface area (Å²) in [4.78, 5) is 21.1. The van der Waals surface area contributed by atoms with E-state index in [1.807, 2.05) is 36.4 Å². The maximum absolute atomic E-state index is 14.8. The molecular formula is C31H34ClFN8O2. The average Bonchev–Trinajstić information content (AvgIpc) is 3.01. The molecule has 1 saturated heterocycles. The van der Waals surface area contributed by atoms with Crippen molar-refractivity contribution < 1.29 is 13.9 Å². The van der Waals surface area contributed by atoms with Crippen molar-refractivity contribution in [2.75, 3.05) is 51.0 Å². The first-order valence-corrected chi connectivity index (χ1v) is 14.3. The van der Waals surface area contributed by atoms with Gasteiger partial charge in [0.15, 0.2) is 5.82 Å². The number of hydrogen-bond acceptors (Lipinski definition) is 9. The SMILES string of the molecule is COc1cccc(CNc2nnc(-c3cc(Cl)ccc3F)cc2Nc2ccnc(C(CC(N)=O)N3CCN(C)CC3)c2)c1. The maximum Gasteiger partial charge on any atom is 0.219 e. The third kappa shape index (κ3) is 7.75. The summed E-state index contributed by atoms with van der Waals surface area (Å²) < 4.78 is 20.1. The number of benzene rings is 2. The molecule has 1 unspecified atom stereocenters. The first-order chi connectivity index (χ1) is 20.8. The largest absolute Gasteiger partial charge is 0.497 e. The van der Waals surface area contributed by atoms with Crippen LogP contribution < -0.4 is 21.1 Å². The molecule has 1 aliphatic heterocycles. The second-order valence-corrected chi connectivity index (χ2v) is 10.9. The van der Waals surface area contributed by atoms with Crippen molar-refractivity contribution in [1.82, 2.24) is 25.0 Å². The smallest absolute Gasteiger partial charge is 0.219 e. The Bertz CT molecular complexity index is 1580. The van der Waals surface area contributed by atoms with Gasteiger partial charge < -0.3 is 26.0 Å². The highest BCUT2D eigenvalue weighted by Gasteiger charge is 2.27. The minimum atomic E-state index is -0.464. The van der Waals surface area contributed by atoms with Gasteiger partial charge in [0.05, 0.1) is 30.2 Å². The van der Waals surface area contributed by atoms with Crippen LogP contribution in [0.3, 0.4) is 0 Å². The number of rotatable bonds is 11. The Morgan fingerprint density at radius 3 is 2.67 bits per heavy atom. The molecule has 0 saturated carbocycles. The van der Waals surface area contributed by atoms with E-state index in [-0.39, 0.29) is 23.9 Å². The van der Waals surface area contributed by atoms with Gasteiger partial charge in [0.1, 0.15) is 11.6 Å². The molecule has 4 aromatic rings. The van der Waals surface area contributed by atoms with Gasteiger partial charge in [-0.05, 0) is 61.1 Å². The summed E-state index contributed by atoms with van der Waals surface area (Å²) in [6.45, 7) is 3.82. The van der Waals surface area contributed by atoms with E-state index in [4.69, 9.17) is 22.1 Å². The minimum Gasteiger partial charge on any atom is -0.497 e. The fourth-order valence-corrected chi connectivity index (χ4v) is 5.19. The summed E-state index contributed by atoms with van der Waals surface area (Å²) in [6, 6.07) is 17.2. The molecule has 2 aromatic heterocycles. The zero-order valence-corrected chi connectivity index (χ0v) is 24.8. The Hall–Kier alpha value is -4.32. The van der Waals surface area contributed by atoms with Crippen molar-refractivity contribution in [1.29, 1.82) is 0 Å². The molecule has 5 rings (SSSR count). The Balaban J connectivity index is 1.47. The number of hydrogen-bond donors (Lipinski definition) is 3. The summed E-state index contributed by atoms with van der Waals surface area (Å²) in [5.41, 5.74) is 9.17. The highest BCUT2D eigenvalue weighted by molar-refractivity contribution is 6.30. The number of amides is 1. The lowest BCUT2D eigenvalue weighted by Gasteiger charge is -2.37. The number of halogens is 2. The first kappa shape index (κ1) is 30.1. The molecule has 0 aliphatic carbocycles. The van der Waals surface area contributed by atoms with Crippen LogP contribution in [0.15, 0.2) is 66.9 Å². The van der Waals surface area contributed by atoms with Crippen molar-refractivity contribution in [2.24, 2.45) is 5.73 Å². The molecule has 4 N–H and O–H groups in total. The molecule has 3 heterocycles. The number of primary amides is 1. The van der Waals surface area contributed by atoms with Gasteiger partial charge in [-0.3, -0.25) is 14.7 Å². The second kappa shape index (κ2) is 13.8. The Morgan fingerprint density at radius 2 is 1.91 bits per heavy atom. The predicted molar refractivity (Wildman–Crippen MR) is 166 cm³/mol. The normalized spacial score (nSPS) is 14.7. The molecule has 0 radical (unpaired) electrons. The summed E-state index contributed by atoms with van der Waals surface area (Å²) in [7, 11) is 3.70. The summed E-state index contributed by atoms with van der Waals surface area (Å²) >= 11 is 6.17. The van der Waals surface area contributed by atoms with Gasteiger partial charge in [0.2, 0.25) is 5.91 Å². The summed E-state index contributed by atoms with van der Waals surface area (Å²) in [5, 5.41) is 15.8. The molecule has 224 valence electrons. The van der Waals surface area contributed by atoms with Crippen LogP contribution in [0.4, 0.5) is 21.6 Å². The third-order valence-electron chi connectivity index (χ3n) is 7.37. The zero-order chi connectivity index (χ0) is 30.3. The van der Waals surface area contributed by atoms with Crippen LogP contribution in [-0.4, -0.2) is 71.2 Å². The molecule has 1 aliphatic rings. The lowest BCUT2D eigenvalue weighted by atomic mass is 10.1. The molecule has 1 atom stereocenters. The summed E-state index contributed by atoms with van der Waals surface area (Å²) in [6.07, 6.45) is 1.85. The molecular weight excluding hydrogens is 571 g/mol. The topological polar surface area (TPSA) is 122 Å². The Morgan fingerprint density at radius 1 is 1.09 bits per heavy atom. The van der Waals surface area contributed by atoms with Crippen molar-refractivity contribution in [3.8, 4) is 17.0 Å². The van der Waals surface area contributed by atoms with Gasteiger partial charge in [0.25, 0.3) is 0 Å². The number of nitrogens with one attached hydrogen (secondary N) is 2. The Kier molecular flexibility index (Phi) is 9.65. The molecule has 1 fully saturated rings. The van der Waals surface area contributed by atoms with E-state index in [9.17, 15) is 9.18 Å². The highest BCUT2D eigenvalue weighted by atomic mass is 35.5. The predicted octanol–water partition coefficient (Wildman–Crippen LogP) is 4.86. The number of carbonyl (C=O) groups is 1.